The minimum Gasteiger partial charge on any atom is -0.394 e. The van der Waals surface area contributed by atoms with E-state index >= 15 is 0 Å². The molecule has 0 aromatic rings. The van der Waals surface area contributed by atoms with E-state index in [2.05, 4.69) is 31.3 Å². The highest BCUT2D eigenvalue weighted by Gasteiger charge is 2.51. The second-order valence-electron chi connectivity index (χ2n) is 16.2. The topological polar surface area (TPSA) is 228 Å². The summed E-state index contributed by atoms with van der Waals surface area (Å²) in [6.45, 7) is 2.73. The van der Waals surface area contributed by atoms with Crippen molar-refractivity contribution < 1.29 is 64.6 Å². The third-order valence-corrected chi connectivity index (χ3v) is 11.2. The van der Waals surface area contributed by atoms with E-state index in [1.807, 2.05) is 0 Å². The Kier molecular flexibility index (Phi) is 28.7. The fourth-order valence-electron chi connectivity index (χ4n) is 7.46. The zero-order valence-corrected chi connectivity index (χ0v) is 35.1. The number of rotatable bonds is 33. The Balaban J connectivity index is 1.78. The molecule has 0 radical (unpaired) electrons. The Labute approximate surface area is 342 Å². The maximum atomic E-state index is 13.0. The van der Waals surface area contributed by atoms with Gasteiger partial charge in [-0.3, -0.25) is 4.79 Å². The first-order chi connectivity index (χ1) is 27.6. The summed E-state index contributed by atoms with van der Waals surface area (Å²) < 4.78 is 22.5. The van der Waals surface area contributed by atoms with Crippen molar-refractivity contribution in [2.24, 2.45) is 0 Å². The molecule has 2 heterocycles. The van der Waals surface area contributed by atoms with Crippen LogP contribution < -0.4 is 5.32 Å². The molecule has 0 aromatic carbocycles. The van der Waals surface area contributed by atoms with Gasteiger partial charge in [0.05, 0.1) is 32.0 Å². The van der Waals surface area contributed by atoms with Crippen LogP contribution in [0.15, 0.2) is 12.2 Å². The van der Waals surface area contributed by atoms with Crippen LogP contribution in [0.3, 0.4) is 0 Å². The first-order valence-corrected chi connectivity index (χ1v) is 22.4. The van der Waals surface area contributed by atoms with Crippen LogP contribution >= 0.6 is 0 Å². The molecular weight excluding hydrogens is 738 g/mol. The third kappa shape index (κ3) is 20.2. The number of hydrogen-bond acceptors (Lipinski definition) is 13. The van der Waals surface area contributed by atoms with Crippen molar-refractivity contribution >= 4 is 5.91 Å². The van der Waals surface area contributed by atoms with Crippen LogP contribution in [0.4, 0.5) is 0 Å². The van der Waals surface area contributed by atoms with E-state index in [4.69, 9.17) is 18.9 Å². The number of unbranched alkanes of at least 4 members (excludes halogenated alkanes) is 18. The summed E-state index contributed by atoms with van der Waals surface area (Å²) in [6, 6.07) is -0.822. The van der Waals surface area contributed by atoms with Crippen molar-refractivity contribution in [2.75, 3.05) is 19.8 Å². The molecule has 0 bridgehead atoms. The van der Waals surface area contributed by atoms with Gasteiger partial charge in [-0.05, 0) is 38.5 Å². The van der Waals surface area contributed by atoms with Crippen LogP contribution in [0.1, 0.15) is 162 Å². The summed E-state index contributed by atoms with van der Waals surface area (Å²) in [5, 5.41) is 86.1. The van der Waals surface area contributed by atoms with Crippen molar-refractivity contribution in [1.82, 2.24) is 5.32 Å². The molecular formula is C43H81NO13. The lowest BCUT2D eigenvalue weighted by atomic mass is 9.97. The smallest absolute Gasteiger partial charge is 0.220 e. The molecule has 2 aliphatic rings. The number of aliphatic hydroxyl groups is 8. The van der Waals surface area contributed by atoms with Gasteiger partial charge in [-0.15, -0.1) is 0 Å². The predicted octanol–water partition coefficient (Wildman–Crippen LogP) is 4.04. The van der Waals surface area contributed by atoms with E-state index < -0.39 is 86.8 Å². The van der Waals surface area contributed by atoms with E-state index in [1.165, 1.54) is 70.6 Å². The van der Waals surface area contributed by atoms with Gasteiger partial charge in [0.2, 0.25) is 5.91 Å². The van der Waals surface area contributed by atoms with Crippen molar-refractivity contribution in [2.45, 2.75) is 235 Å². The molecule has 57 heavy (non-hydrogen) atoms. The highest BCUT2D eigenvalue weighted by molar-refractivity contribution is 5.76. The Hall–Kier alpha value is -1.27. The molecule has 12 unspecified atom stereocenters. The molecule has 12 atom stereocenters. The van der Waals surface area contributed by atoms with Gasteiger partial charge in [-0.2, -0.15) is 0 Å². The van der Waals surface area contributed by atoms with Gasteiger partial charge in [0.1, 0.15) is 48.8 Å². The number of carbonyl (C=O) groups excluding carboxylic acids is 1. The number of ether oxygens (including phenoxy) is 4. The molecule has 0 saturated carbocycles. The molecule has 2 aliphatic heterocycles. The lowest BCUT2D eigenvalue weighted by Crippen LogP contribution is -2.65. The number of allylic oxidation sites excluding steroid dienone is 2. The third-order valence-electron chi connectivity index (χ3n) is 11.2. The Morgan fingerprint density at radius 1 is 0.614 bits per heavy atom. The van der Waals surface area contributed by atoms with E-state index in [9.17, 15) is 45.6 Å². The Bertz CT molecular complexity index is 1020. The van der Waals surface area contributed by atoms with Gasteiger partial charge in [0, 0.05) is 6.42 Å². The number of nitrogens with one attached hydrogen (secondary N) is 1. The van der Waals surface area contributed by atoms with E-state index in [-0.39, 0.29) is 12.5 Å². The molecule has 0 aliphatic carbocycles. The summed E-state index contributed by atoms with van der Waals surface area (Å²) in [5.41, 5.74) is 0. The van der Waals surface area contributed by atoms with Gasteiger partial charge < -0.3 is 65.1 Å². The number of carbonyl (C=O) groups is 1. The standard InChI is InChI=1S/C43H81NO13/c1-3-5-7-9-10-11-12-13-14-15-16-17-18-19-20-21-23-25-27-35(48)44-31(32(47)26-24-22-8-6-4-2)30-54-42-40(53)38(51)41(34(29-46)56-42)57-43-39(52)37(50)36(49)33(28-45)55-43/h14-15,31-34,36-43,45-47,49-53H,3-13,16-30H2,1-2H3,(H,44,48)/b15-14-. The van der Waals surface area contributed by atoms with Crippen molar-refractivity contribution in [3.8, 4) is 0 Å². The van der Waals surface area contributed by atoms with Gasteiger partial charge in [0.25, 0.3) is 0 Å². The van der Waals surface area contributed by atoms with Crippen LogP contribution in [-0.2, 0) is 23.7 Å². The van der Waals surface area contributed by atoms with Crippen LogP contribution in [0.25, 0.3) is 0 Å². The van der Waals surface area contributed by atoms with Gasteiger partial charge in [-0.1, -0.05) is 129 Å². The summed E-state index contributed by atoms with van der Waals surface area (Å²) in [5.74, 6) is -0.219. The van der Waals surface area contributed by atoms with Gasteiger partial charge in [0.15, 0.2) is 12.6 Å². The van der Waals surface area contributed by atoms with Crippen LogP contribution in [0.5, 0.6) is 0 Å². The second kappa shape index (κ2) is 31.6. The molecule has 14 heteroatoms. The SMILES string of the molecule is CCCCCCCCC/C=C\CCCCCCCCCC(=O)NC(COC1OC(CO)C(OC2OC(CO)C(O)C(O)C2O)C(O)C1O)C(O)CCCCCCC. The van der Waals surface area contributed by atoms with Crippen LogP contribution in [0.2, 0.25) is 0 Å². The highest BCUT2D eigenvalue weighted by atomic mass is 16.7. The first-order valence-electron chi connectivity index (χ1n) is 22.4. The Morgan fingerprint density at radius 2 is 1.11 bits per heavy atom. The number of aliphatic hydroxyl groups excluding tert-OH is 8. The van der Waals surface area contributed by atoms with E-state index in [0.29, 0.717) is 12.8 Å². The Morgan fingerprint density at radius 3 is 1.67 bits per heavy atom. The highest BCUT2D eigenvalue weighted by Crippen LogP contribution is 2.30. The fraction of sp³-hybridized carbons (Fsp3) is 0.930. The summed E-state index contributed by atoms with van der Waals surface area (Å²) >= 11 is 0. The maximum Gasteiger partial charge on any atom is 0.220 e. The van der Waals surface area contributed by atoms with Crippen LogP contribution in [-0.4, -0.2) is 140 Å². The normalized spacial score (nSPS) is 29.2. The lowest BCUT2D eigenvalue weighted by molar-refractivity contribution is -0.359. The molecule has 9 N–H and O–H groups in total. The average molecular weight is 820 g/mol. The quantitative estimate of drug-likeness (QED) is 0.0337. The molecule has 2 saturated heterocycles. The molecule has 2 fully saturated rings. The summed E-state index contributed by atoms with van der Waals surface area (Å²) in [7, 11) is 0. The zero-order chi connectivity index (χ0) is 41.8. The van der Waals surface area contributed by atoms with Crippen molar-refractivity contribution in [3.63, 3.8) is 0 Å². The first kappa shape index (κ1) is 51.9. The number of hydrogen-bond donors (Lipinski definition) is 9. The van der Waals surface area contributed by atoms with Crippen molar-refractivity contribution in [1.29, 1.82) is 0 Å². The average Bonchev–Trinajstić information content (AvgIpc) is 3.21. The van der Waals surface area contributed by atoms with E-state index in [1.54, 1.807) is 0 Å². The molecule has 0 aromatic heterocycles. The van der Waals surface area contributed by atoms with Crippen molar-refractivity contribution in [3.05, 3.63) is 12.2 Å². The predicted molar refractivity (Wildman–Crippen MR) is 217 cm³/mol. The van der Waals surface area contributed by atoms with Gasteiger partial charge >= 0.3 is 0 Å². The largest absolute Gasteiger partial charge is 0.394 e. The van der Waals surface area contributed by atoms with E-state index in [0.717, 1.165) is 64.2 Å². The minimum absolute atomic E-state index is 0.219. The summed E-state index contributed by atoms with van der Waals surface area (Å²) in [6.07, 6.45) is 12.8. The lowest BCUT2D eigenvalue weighted by Gasteiger charge is -2.46. The van der Waals surface area contributed by atoms with Crippen LogP contribution in [0, 0.1) is 0 Å². The fourth-order valence-corrected chi connectivity index (χ4v) is 7.46. The number of amides is 1. The molecule has 0 spiro atoms. The second-order valence-corrected chi connectivity index (χ2v) is 16.2. The zero-order valence-electron chi connectivity index (χ0n) is 35.1. The minimum atomic E-state index is -1.78. The molecule has 1 amide bonds. The molecule has 2 rings (SSSR count). The monoisotopic (exact) mass is 820 g/mol. The molecule has 336 valence electrons. The maximum absolute atomic E-state index is 13.0. The molecule has 14 nitrogen and oxygen atoms in total. The van der Waals surface area contributed by atoms with Gasteiger partial charge in [-0.25, -0.2) is 0 Å². The summed E-state index contributed by atoms with van der Waals surface area (Å²) in [4.78, 5) is 13.0.